The van der Waals surface area contributed by atoms with Crippen LogP contribution in [0.1, 0.15) is 28.9 Å². The third-order valence-electron chi connectivity index (χ3n) is 4.48. The number of halogens is 1. The molecule has 0 aliphatic rings. The van der Waals surface area contributed by atoms with Crippen LogP contribution in [0, 0.1) is 0 Å². The fourth-order valence-corrected chi connectivity index (χ4v) is 4.15. The third kappa shape index (κ3) is 5.11. The molecule has 1 amide bonds. The number of amides is 1. The van der Waals surface area contributed by atoms with Gasteiger partial charge in [-0.2, -0.15) is 0 Å². The van der Waals surface area contributed by atoms with E-state index in [4.69, 9.17) is 16.3 Å². The molecule has 3 rings (SSSR count). The lowest BCUT2D eigenvalue weighted by molar-refractivity contribution is 0.0940. The number of hydrogen-bond donors (Lipinski definition) is 2. The van der Waals surface area contributed by atoms with Crippen LogP contribution in [0.25, 0.3) is 0 Å². The highest BCUT2D eigenvalue weighted by Crippen LogP contribution is 2.25. The van der Waals surface area contributed by atoms with Crippen LogP contribution in [0.3, 0.4) is 0 Å². The highest BCUT2D eigenvalue weighted by atomic mass is 35.5. The lowest BCUT2D eigenvalue weighted by Crippen LogP contribution is -2.26. The molecule has 0 saturated heterocycles. The molecular weight excluding hydrogens is 424 g/mol. The number of carbonyl (C=O) groups excluding carboxylic acids is 1. The van der Waals surface area contributed by atoms with E-state index in [9.17, 15) is 13.2 Å². The van der Waals surface area contributed by atoms with Crippen molar-refractivity contribution in [3.05, 3.63) is 88.9 Å². The quantitative estimate of drug-likeness (QED) is 0.556. The zero-order valence-electron chi connectivity index (χ0n) is 16.4. The van der Waals surface area contributed by atoms with E-state index in [1.165, 1.54) is 37.4 Å². The van der Waals surface area contributed by atoms with Crippen molar-refractivity contribution in [1.82, 2.24) is 5.32 Å². The Morgan fingerprint density at radius 3 is 2.27 bits per heavy atom. The number of hydrogen-bond acceptors (Lipinski definition) is 4. The fraction of sp³-hybridized carbons (Fsp3) is 0.136. The van der Waals surface area contributed by atoms with E-state index in [1.54, 1.807) is 12.1 Å². The van der Waals surface area contributed by atoms with Crippen LogP contribution < -0.4 is 14.8 Å². The summed E-state index contributed by atoms with van der Waals surface area (Å²) in [7, 11) is -2.31. The van der Waals surface area contributed by atoms with Gasteiger partial charge in [-0.25, -0.2) is 8.42 Å². The Kier molecular flexibility index (Phi) is 6.64. The van der Waals surface area contributed by atoms with Crippen LogP contribution in [0.15, 0.2) is 77.7 Å². The Morgan fingerprint density at radius 1 is 1.00 bits per heavy atom. The molecule has 0 aromatic heterocycles. The van der Waals surface area contributed by atoms with E-state index >= 15 is 0 Å². The van der Waals surface area contributed by atoms with Gasteiger partial charge in [0.25, 0.3) is 15.9 Å². The molecule has 30 heavy (non-hydrogen) atoms. The molecule has 8 heteroatoms. The number of ether oxygens (including phenoxy) is 1. The first kappa shape index (κ1) is 21.7. The molecule has 0 aliphatic carbocycles. The molecule has 0 aliphatic heterocycles. The van der Waals surface area contributed by atoms with Gasteiger partial charge in [0.15, 0.2) is 0 Å². The molecule has 3 aromatic carbocycles. The summed E-state index contributed by atoms with van der Waals surface area (Å²) in [6, 6.07) is 19.7. The minimum Gasteiger partial charge on any atom is -0.497 e. The Balaban J connectivity index is 1.73. The molecule has 0 saturated carbocycles. The Hall–Kier alpha value is -3.03. The highest BCUT2D eigenvalue weighted by molar-refractivity contribution is 7.92. The fourth-order valence-electron chi connectivity index (χ4n) is 2.83. The van der Waals surface area contributed by atoms with Gasteiger partial charge >= 0.3 is 0 Å². The zero-order chi connectivity index (χ0) is 21.7. The van der Waals surface area contributed by atoms with Crippen molar-refractivity contribution in [1.29, 1.82) is 0 Å². The van der Waals surface area contributed by atoms with Crippen molar-refractivity contribution in [2.75, 3.05) is 11.8 Å². The van der Waals surface area contributed by atoms with Crippen LogP contribution in [0.5, 0.6) is 5.75 Å². The predicted octanol–water partition coefficient (Wildman–Crippen LogP) is 4.64. The largest absolute Gasteiger partial charge is 0.497 e. The maximum atomic E-state index is 12.6. The van der Waals surface area contributed by atoms with Crippen molar-refractivity contribution in [3.63, 3.8) is 0 Å². The minimum atomic E-state index is -3.81. The van der Waals surface area contributed by atoms with Crippen LogP contribution in [0.2, 0.25) is 5.02 Å². The van der Waals surface area contributed by atoms with Crippen molar-refractivity contribution >= 4 is 33.2 Å². The topological polar surface area (TPSA) is 84.5 Å². The summed E-state index contributed by atoms with van der Waals surface area (Å²) in [6.07, 6.45) is 0. The van der Waals surface area contributed by atoms with Crippen LogP contribution in [0.4, 0.5) is 5.69 Å². The van der Waals surface area contributed by atoms with E-state index in [2.05, 4.69) is 10.0 Å². The molecule has 1 unspecified atom stereocenters. The van der Waals surface area contributed by atoms with Crippen LogP contribution in [-0.2, 0) is 10.0 Å². The number of methoxy groups -OCH3 is 1. The Labute approximate surface area is 180 Å². The van der Waals surface area contributed by atoms with E-state index in [0.717, 1.165) is 5.56 Å². The Bertz CT molecular complexity index is 1130. The smallest absolute Gasteiger partial charge is 0.261 e. The predicted molar refractivity (Wildman–Crippen MR) is 118 cm³/mol. The summed E-state index contributed by atoms with van der Waals surface area (Å²) < 4.78 is 32.6. The van der Waals surface area contributed by atoms with E-state index in [1.807, 2.05) is 37.3 Å². The van der Waals surface area contributed by atoms with Crippen molar-refractivity contribution in [3.8, 4) is 5.75 Å². The molecule has 0 spiro atoms. The molecule has 1 atom stereocenters. The van der Waals surface area contributed by atoms with Gasteiger partial charge in [0.1, 0.15) is 5.75 Å². The summed E-state index contributed by atoms with van der Waals surface area (Å²) in [5.74, 6) is 0.206. The second-order valence-corrected chi connectivity index (χ2v) is 8.67. The summed E-state index contributed by atoms with van der Waals surface area (Å²) in [5, 5.41) is 3.03. The number of anilines is 1. The van der Waals surface area contributed by atoms with Crippen molar-refractivity contribution in [2.45, 2.75) is 17.9 Å². The molecule has 0 bridgehead atoms. The molecule has 0 fully saturated rings. The van der Waals surface area contributed by atoms with Gasteiger partial charge in [0, 0.05) is 0 Å². The van der Waals surface area contributed by atoms with Crippen molar-refractivity contribution in [2.24, 2.45) is 0 Å². The van der Waals surface area contributed by atoms with Gasteiger partial charge in [0.05, 0.1) is 34.3 Å². The number of carbonyl (C=O) groups is 1. The molecule has 0 heterocycles. The average molecular weight is 445 g/mol. The summed E-state index contributed by atoms with van der Waals surface area (Å²) in [6.45, 7) is 1.87. The second kappa shape index (κ2) is 9.19. The number of benzene rings is 3. The van der Waals surface area contributed by atoms with Gasteiger partial charge in [-0.3, -0.25) is 9.52 Å². The van der Waals surface area contributed by atoms with Crippen molar-refractivity contribution < 1.29 is 17.9 Å². The third-order valence-corrected chi connectivity index (χ3v) is 6.19. The maximum absolute atomic E-state index is 12.6. The minimum absolute atomic E-state index is 0.0814. The van der Waals surface area contributed by atoms with Gasteiger partial charge in [-0.15, -0.1) is 0 Å². The SMILES string of the molecule is COc1ccc(S(=O)(=O)Nc2ccc(C(=O)NC(C)c3ccccc3)c(Cl)c2)cc1. The van der Waals surface area contributed by atoms with E-state index in [-0.39, 0.29) is 33.1 Å². The molecule has 0 radical (unpaired) electrons. The van der Waals surface area contributed by atoms with E-state index in [0.29, 0.717) is 5.75 Å². The molecule has 3 aromatic rings. The van der Waals surface area contributed by atoms with E-state index < -0.39 is 10.0 Å². The van der Waals surface area contributed by atoms with Crippen LogP contribution in [-0.4, -0.2) is 21.4 Å². The first-order chi connectivity index (χ1) is 14.3. The van der Waals surface area contributed by atoms with Gasteiger partial charge in [-0.05, 0) is 55.0 Å². The molecular formula is C22H21ClN2O4S. The Morgan fingerprint density at radius 2 is 1.67 bits per heavy atom. The molecule has 156 valence electrons. The summed E-state index contributed by atoms with van der Waals surface area (Å²) in [4.78, 5) is 12.7. The lowest BCUT2D eigenvalue weighted by atomic mass is 10.1. The summed E-state index contributed by atoms with van der Waals surface area (Å²) >= 11 is 6.26. The number of rotatable bonds is 7. The number of sulfonamides is 1. The summed E-state index contributed by atoms with van der Waals surface area (Å²) in [5.41, 5.74) is 1.47. The van der Waals surface area contributed by atoms with Gasteiger partial charge < -0.3 is 10.1 Å². The number of nitrogens with one attached hydrogen (secondary N) is 2. The molecule has 2 N–H and O–H groups in total. The normalized spacial score (nSPS) is 12.1. The first-order valence-corrected chi connectivity index (χ1v) is 11.0. The maximum Gasteiger partial charge on any atom is 0.261 e. The first-order valence-electron chi connectivity index (χ1n) is 9.12. The highest BCUT2D eigenvalue weighted by Gasteiger charge is 2.18. The second-order valence-electron chi connectivity index (χ2n) is 6.58. The average Bonchev–Trinajstić information content (AvgIpc) is 2.74. The van der Waals surface area contributed by atoms with Gasteiger partial charge in [0.2, 0.25) is 0 Å². The lowest BCUT2D eigenvalue weighted by Gasteiger charge is -2.15. The molecule has 6 nitrogen and oxygen atoms in total. The zero-order valence-corrected chi connectivity index (χ0v) is 18.0. The van der Waals surface area contributed by atoms with Crippen LogP contribution >= 0.6 is 11.6 Å². The monoisotopic (exact) mass is 444 g/mol. The standard InChI is InChI=1S/C22H21ClN2O4S/c1-15(16-6-4-3-5-7-16)24-22(26)20-13-8-17(14-21(20)23)25-30(27,28)19-11-9-18(29-2)10-12-19/h3-15,25H,1-2H3,(H,24,26). The van der Waals surface area contributed by atoms with Gasteiger partial charge in [-0.1, -0.05) is 41.9 Å².